The predicted octanol–water partition coefficient (Wildman–Crippen LogP) is 6.06. The first-order valence-electron chi connectivity index (χ1n) is 5.50. The van der Waals surface area contributed by atoms with E-state index in [1.807, 2.05) is 24.3 Å². The maximum absolute atomic E-state index is 13.8. The van der Waals surface area contributed by atoms with Gasteiger partial charge in [-0.2, -0.15) is 0 Å². The highest BCUT2D eigenvalue weighted by molar-refractivity contribution is 9.10. The van der Waals surface area contributed by atoms with Gasteiger partial charge in [-0.05, 0) is 36.2 Å². The lowest BCUT2D eigenvalue weighted by molar-refractivity contribution is 0.584. The van der Waals surface area contributed by atoms with Crippen LogP contribution in [-0.4, -0.2) is 0 Å². The Labute approximate surface area is 132 Å². The molecule has 0 saturated carbocycles. The fraction of sp³-hybridized carbons (Fsp3) is 0.143. The predicted molar refractivity (Wildman–Crippen MR) is 80.9 cm³/mol. The second kappa shape index (κ2) is 6.33. The van der Waals surface area contributed by atoms with Crippen molar-refractivity contribution in [3.63, 3.8) is 0 Å². The molecule has 2 aromatic carbocycles. The lowest BCUT2D eigenvalue weighted by Gasteiger charge is -2.12. The molecular formula is C14H9Br2ClF2. The van der Waals surface area contributed by atoms with Crippen LogP contribution < -0.4 is 0 Å². The smallest absolute Gasteiger partial charge is 0.142 e. The van der Waals surface area contributed by atoms with Gasteiger partial charge < -0.3 is 0 Å². The van der Waals surface area contributed by atoms with Gasteiger partial charge in [0, 0.05) is 14.9 Å². The van der Waals surface area contributed by atoms with E-state index in [0.29, 0.717) is 6.42 Å². The van der Waals surface area contributed by atoms with Gasteiger partial charge in [-0.15, -0.1) is 0 Å². The standard InChI is InChI=1S/C14H9Br2ClF2/c15-9-3-1-8(2-4-9)5-11(16)10-6-14(19)12(17)7-13(10)18/h1-4,6-7,11H,5H2. The molecule has 0 heterocycles. The zero-order valence-corrected chi connectivity index (χ0v) is 13.6. The first-order valence-corrected chi connectivity index (χ1v) is 7.59. The van der Waals surface area contributed by atoms with Crippen molar-refractivity contribution in [2.75, 3.05) is 0 Å². The van der Waals surface area contributed by atoms with Gasteiger partial charge in [0.1, 0.15) is 11.6 Å². The second-order valence-corrected chi connectivity index (χ2v) is 6.51. The summed E-state index contributed by atoms with van der Waals surface area (Å²) in [6.07, 6.45) is 0.561. The molecule has 0 spiro atoms. The Bertz CT molecular complexity index is 585. The van der Waals surface area contributed by atoms with E-state index in [1.165, 1.54) is 0 Å². The maximum atomic E-state index is 13.8. The topological polar surface area (TPSA) is 0 Å². The van der Waals surface area contributed by atoms with Crippen molar-refractivity contribution in [3.05, 3.63) is 68.7 Å². The summed E-state index contributed by atoms with van der Waals surface area (Å²) < 4.78 is 28.1. The van der Waals surface area contributed by atoms with Gasteiger partial charge >= 0.3 is 0 Å². The summed E-state index contributed by atoms with van der Waals surface area (Å²) in [5, 5.41) is -0.204. The minimum atomic E-state index is -0.613. The lowest BCUT2D eigenvalue weighted by atomic mass is 10.0. The molecule has 2 aromatic rings. The SMILES string of the molecule is Fc1cc(C(Br)Cc2ccc(Br)cc2)c(F)cc1Cl. The summed E-state index contributed by atoms with van der Waals surface area (Å²) in [6, 6.07) is 9.82. The molecule has 0 aromatic heterocycles. The Hall–Kier alpha value is -0.450. The van der Waals surface area contributed by atoms with Crippen molar-refractivity contribution in [2.45, 2.75) is 11.2 Å². The number of rotatable bonds is 3. The van der Waals surface area contributed by atoms with Crippen molar-refractivity contribution in [1.29, 1.82) is 0 Å². The third-order valence-corrected chi connectivity index (χ3v) is 4.34. The zero-order chi connectivity index (χ0) is 14.0. The van der Waals surface area contributed by atoms with E-state index in [2.05, 4.69) is 31.9 Å². The van der Waals surface area contributed by atoms with Crippen molar-refractivity contribution in [2.24, 2.45) is 0 Å². The largest absolute Gasteiger partial charge is 0.207 e. The zero-order valence-electron chi connectivity index (χ0n) is 9.64. The summed E-state index contributed by atoms with van der Waals surface area (Å²) in [4.78, 5) is -0.305. The Morgan fingerprint density at radius 3 is 2.32 bits per heavy atom. The Kier molecular flexibility index (Phi) is 4.98. The highest BCUT2D eigenvalue weighted by Crippen LogP contribution is 2.32. The normalized spacial score (nSPS) is 12.5. The molecule has 0 bridgehead atoms. The van der Waals surface area contributed by atoms with Crippen LogP contribution in [-0.2, 0) is 6.42 Å². The van der Waals surface area contributed by atoms with E-state index in [1.54, 1.807) is 0 Å². The van der Waals surface area contributed by atoms with E-state index in [9.17, 15) is 8.78 Å². The van der Waals surface area contributed by atoms with Crippen LogP contribution in [0.5, 0.6) is 0 Å². The fourth-order valence-electron chi connectivity index (χ4n) is 1.72. The average molecular weight is 410 g/mol. The molecule has 0 fully saturated rings. The van der Waals surface area contributed by atoms with Gasteiger partial charge in [0.05, 0.1) is 5.02 Å². The van der Waals surface area contributed by atoms with Crippen LogP contribution >= 0.6 is 43.5 Å². The van der Waals surface area contributed by atoms with Gasteiger partial charge in [0.2, 0.25) is 0 Å². The molecule has 0 aliphatic carbocycles. The molecule has 0 aliphatic rings. The van der Waals surface area contributed by atoms with E-state index in [4.69, 9.17) is 11.6 Å². The Balaban J connectivity index is 2.22. The van der Waals surface area contributed by atoms with Crippen LogP contribution in [0.2, 0.25) is 5.02 Å². The molecule has 5 heteroatoms. The molecule has 1 atom stereocenters. The van der Waals surface area contributed by atoms with Crippen LogP contribution in [0, 0.1) is 11.6 Å². The summed E-state index contributed by atoms with van der Waals surface area (Å²) >= 11 is 12.3. The minimum Gasteiger partial charge on any atom is -0.207 e. The van der Waals surface area contributed by atoms with Crippen LogP contribution in [0.25, 0.3) is 0 Å². The third-order valence-electron chi connectivity index (χ3n) is 2.71. The van der Waals surface area contributed by atoms with Gasteiger partial charge in [0.25, 0.3) is 0 Å². The van der Waals surface area contributed by atoms with Crippen molar-refractivity contribution in [1.82, 2.24) is 0 Å². The fourth-order valence-corrected chi connectivity index (χ4v) is 2.85. The first kappa shape index (κ1) is 14.9. The Morgan fingerprint density at radius 2 is 1.68 bits per heavy atom. The second-order valence-electron chi connectivity index (χ2n) is 4.09. The monoisotopic (exact) mass is 408 g/mol. The van der Waals surface area contributed by atoms with Crippen LogP contribution in [0.4, 0.5) is 8.78 Å². The molecule has 0 N–H and O–H groups in total. The minimum absolute atomic E-state index is 0.204. The van der Waals surface area contributed by atoms with E-state index < -0.39 is 11.6 Å². The first-order chi connectivity index (χ1) is 8.97. The van der Waals surface area contributed by atoms with Gasteiger partial charge in [-0.25, -0.2) is 8.78 Å². The highest BCUT2D eigenvalue weighted by atomic mass is 79.9. The van der Waals surface area contributed by atoms with Gasteiger partial charge in [-0.1, -0.05) is 55.6 Å². The van der Waals surface area contributed by atoms with Crippen molar-refractivity contribution < 1.29 is 8.78 Å². The molecule has 19 heavy (non-hydrogen) atoms. The molecule has 0 amide bonds. The molecule has 0 saturated heterocycles. The average Bonchev–Trinajstić information content (AvgIpc) is 2.36. The number of alkyl halides is 1. The molecule has 2 rings (SSSR count). The number of hydrogen-bond donors (Lipinski definition) is 0. The molecule has 0 nitrogen and oxygen atoms in total. The van der Waals surface area contributed by atoms with Crippen LogP contribution in [0.15, 0.2) is 40.9 Å². The molecule has 0 radical (unpaired) electrons. The van der Waals surface area contributed by atoms with Crippen LogP contribution in [0.1, 0.15) is 16.0 Å². The van der Waals surface area contributed by atoms with E-state index in [-0.39, 0.29) is 15.4 Å². The van der Waals surface area contributed by atoms with Gasteiger partial charge in [0.15, 0.2) is 0 Å². The summed E-state index contributed by atoms with van der Waals surface area (Å²) in [5.74, 6) is -1.12. The lowest BCUT2D eigenvalue weighted by Crippen LogP contribution is -2.00. The van der Waals surface area contributed by atoms with E-state index in [0.717, 1.165) is 22.2 Å². The molecule has 1 unspecified atom stereocenters. The Morgan fingerprint density at radius 1 is 1.05 bits per heavy atom. The highest BCUT2D eigenvalue weighted by Gasteiger charge is 2.16. The van der Waals surface area contributed by atoms with Crippen molar-refractivity contribution >= 4 is 43.5 Å². The summed E-state index contributed by atoms with van der Waals surface area (Å²) in [7, 11) is 0. The van der Waals surface area contributed by atoms with Crippen LogP contribution in [0.3, 0.4) is 0 Å². The summed E-state index contributed by atoms with van der Waals surface area (Å²) in [6.45, 7) is 0. The van der Waals surface area contributed by atoms with E-state index >= 15 is 0 Å². The molecule has 0 aliphatic heterocycles. The quantitative estimate of drug-likeness (QED) is 0.426. The maximum Gasteiger partial charge on any atom is 0.142 e. The molecular weight excluding hydrogens is 401 g/mol. The van der Waals surface area contributed by atoms with Crippen molar-refractivity contribution in [3.8, 4) is 0 Å². The number of hydrogen-bond acceptors (Lipinski definition) is 0. The van der Waals surface area contributed by atoms with Gasteiger partial charge in [-0.3, -0.25) is 0 Å². The number of benzene rings is 2. The molecule has 100 valence electrons. The third kappa shape index (κ3) is 3.77. The summed E-state index contributed by atoms with van der Waals surface area (Å²) in [5.41, 5.74) is 1.30. The number of halogens is 5.